The van der Waals surface area contributed by atoms with E-state index in [1.165, 1.54) is 6.26 Å². The largest absolute Gasteiger partial charge is 0.373 e. The predicted molar refractivity (Wildman–Crippen MR) is 108 cm³/mol. The molecule has 0 radical (unpaired) electrons. The van der Waals surface area contributed by atoms with Crippen molar-refractivity contribution in [1.82, 2.24) is 20.1 Å². The zero-order valence-electron chi connectivity index (χ0n) is 16.2. The summed E-state index contributed by atoms with van der Waals surface area (Å²) in [6, 6.07) is 0. The summed E-state index contributed by atoms with van der Waals surface area (Å²) in [5.41, 5.74) is 8.87. The van der Waals surface area contributed by atoms with E-state index < -0.39 is 10.0 Å². The lowest BCUT2D eigenvalue weighted by atomic mass is 9.76. The smallest absolute Gasteiger partial charge is 0.211 e. The van der Waals surface area contributed by atoms with Crippen molar-refractivity contribution in [1.29, 1.82) is 0 Å². The van der Waals surface area contributed by atoms with E-state index in [-0.39, 0.29) is 5.54 Å². The molecule has 0 spiro atoms. The maximum absolute atomic E-state index is 12.3. The third kappa shape index (κ3) is 4.63. The highest BCUT2D eigenvalue weighted by molar-refractivity contribution is 7.88. The Balaban J connectivity index is 2.24. The molecule has 26 heavy (non-hydrogen) atoms. The van der Waals surface area contributed by atoms with E-state index in [1.54, 1.807) is 4.31 Å². The van der Waals surface area contributed by atoms with Crippen molar-refractivity contribution in [2.45, 2.75) is 45.1 Å². The fourth-order valence-corrected chi connectivity index (χ4v) is 5.46. The van der Waals surface area contributed by atoms with E-state index in [4.69, 9.17) is 11.6 Å². The van der Waals surface area contributed by atoms with Crippen LogP contribution in [0.1, 0.15) is 39.5 Å². The first-order chi connectivity index (χ1) is 12.1. The van der Waals surface area contributed by atoms with Crippen LogP contribution in [-0.2, 0) is 10.0 Å². The number of rotatable bonds is 8. The number of hydrazine groups is 1. The van der Waals surface area contributed by atoms with Crippen molar-refractivity contribution >= 4 is 21.6 Å². The lowest BCUT2D eigenvalue weighted by molar-refractivity contribution is 0.0639. The lowest BCUT2D eigenvalue weighted by Crippen LogP contribution is -2.60. The number of halogens is 1. The first-order valence-electron chi connectivity index (χ1n) is 9.05. The normalized spacial score (nSPS) is 20.6. The summed E-state index contributed by atoms with van der Waals surface area (Å²) in [6.07, 6.45) is 6.85. The Hall–Kier alpha value is -1.02. The van der Waals surface area contributed by atoms with Crippen LogP contribution in [0.2, 0.25) is 0 Å². The average Bonchev–Trinajstić information content (AvgIpc) is 2.50. The van der Waals surface area contributed by atoms with Gasteiger partial charge in [0.15, 0.2) is 0 Å². The molecule has 1 saturated carbocycles. The van der Waals surface area contributed by atoms with Gasteiger partial charge < -0.3 is 10.3 Å². The quantitative estimate of drug-likeness (QED) is 0.653. The molecule has 0 unspecified atom stereocenters. The molecule has 6 nitrogen and oxygen atoms in total. The lowest BCUT2D eigenvalue weighted by Gasteiger charge is -2.51. The molecule has 0 atom stereocenters. The van der Waals surface area contributed by atoms with Crippen molar-refractivity contribution < 1.29 is 8.42 Å². The third-order valence-corrected chi connectivity index (χ3v) is 6.79. The molecule has 1 aliphatic carbocycles. The van der Waals surface area contributed by atoms with Crippen molar-refractivity contribution in [3.05, 3.63) is 34.7 Å². The minimum absolute atomic E-state index is 0.334. The van der Waals surface area contributed by atoms with E-state index >= 15 is 0 Å². The van der Waals surface area contributed by atoms with Crippen LogP contribution in [0.3, 0.4) is 0 Å². The molecule has 0 amide bonds. The topological polar surface area (TPSA) is 64.7 Å². The molecule has 2 rings (SSSR count). The highest BCUT2D eigenvalue weighted by Crippen LogP contribution is 2.40. The van der Waals surface area contributed by atoms with Gasteiger partial charge in [-0.2, -0.15) is 4.31 Å². The zero-order valence-corrected chi connectivity index (χ0v) is 17.8. The highest BCUT2D eigenvalue weighted by atomic mass is 35.5. The van der Waals surface area contributed by atoms with Crippen LogP contribution in [-0.4, -0.2) is 56.1 Å². The molecule has 0 aromatic rings. The van der Waals surface area contributed by atoms with Crippen molar-refractivity contribution in [3.8, 4) is 0 Å². The van der Waals surface area contributed by atoms with Crippen molar-refractivity contribution in [2.24, 2.45) is 0 Å². The van der Waals surface area contributed by atoms with Gasteiger partial charge in [-0.1, -0.05) is 25.1 Å². The Morgan fingerprint density at radius 3 is 2.54 bits per heavy atom. The van der Waals surface area contributed by atoms with Crippen LogP contribution in [0.5, 0.6) is 0 Å². The second kappa shape index (κ2) is 8.33. The Bertz CT molecular complexity index is 707. The first-order valence-corrected chi connectivity index (χ1v) is 11.3. The Morgan fingerprint density at radius 1 is 1.42 bits per heavy atom. The number of likely N-dealkylation sites (N-methyl/N-ethyl adjacent to an activating group) is 2. The molecule has 0 saturated heterocycles. The zero-order chi connectivity index (χ0) is 19.5. The van der Waals surface area contributed by atoms with Gasteiger partial charge in [-0.15, -0.1) is 0 Å². The van der Waals surface area contributed by atoms with Gasteiger partial charge in [0, 0.05) is 43.0 Å². The number of allylic oxidation sites excluding steroid dienone is 3. The fourth-order valence-electron chi connectivity index (χ4n) is 3.94. The molecule has 0 aromatic heterocycles. The summed E-state index contributed by atoms with van der Waals surface area (Å²) in [5, 5.41) is 0.689. The minimum Gasteiger partial charge on any atom is -0.373 e. The molecule has 1 heterocycles. The van der Waals surface area contributed by atoms with Gasteiger partial charge in [0.25, 0.3) is 0 Å². The second-order valence-electron chi connectivity index (χ2n) is 7.23. The molecule has 2 aliphatic rings. The number of sulfonamides is 1. The Labute approximate surface area is 163 Å². The molecule has 0 bridgehead atoms. The van der Waals surface area contributed by atoms with Crippen LogP contribution < -0.4 is 10.9 Å². The van der Waals surface area contributed by atoms with Gasteiger partial charge in [0.2, 0.25) is 10.0 Å². The van der Waals surface area contributed by atoms with Crippen LogP contribution in [0.15, 0.2) is 34.7 Å². The van der Waals surface area contributed by atoms with Gasteiger partial charge in [-0.05, 0) is 38.7 Å². The van der Waals surface area contributed by atoms with E-state index in [0.717, 1.165) is 49.2 Å². The summed E-state index contributed by atoms with van der Waals surface area (Å²) in [4.78, 5) is 2.09. The number of hydrogen-bond donors (Lipinski definition) is 2. The average molecular weight is 403 g/mol. The fraction of sp³-hybridized carbons (Fsp3) is 0.667. The summed E-state index contributed by atoms with van der Waals surface area (Å²) >= 11 is 6.05. The molecule has 2 N–H and O–H groups in total. The summed E-state index contributed by atoms with van der Waals surface area (Å²) in [6.45, 7) is 9.96. The molecule has 8 heteroatoms. The van der Waals surface area contributed by atoms with Crippen LogP contribution >= 0.6 is 11.6 Å². The molecular weight excluding hydrogens is 372 g/mol. The van der Waals surface area contributed by atoms with Gasteiger partial charge in [0.1, 0.15) is 0 Å². The second-order valence-corrected chi connectivity index (χ2v) is 9.74. The van der Waals surface area contributed by atoms with E-state index in [0.29, 0.717) is 18.1 Å². The maximum Gasteiger partial charge on any atom is 0.211 e. The highest BCUT2D eigenvalue weighted by Gasteiger charge is 2.46. The van der Waals surface area contributed by atoms with Gasteiger partial charge in [-0.25, -0.2) is 13.8 Å². The molecule has 148 valence electrons. The third-order valence-electron chi connectivity index (χ3n) is 5.23. The molecule has 0 aromatic carbocycles. The van der Waals surface area contributed by atoms with Crippen molar-refractivity contribution in [2.75, 3.05) is 32.9 Å². The summed E-state index contributed by atoms with van der Waals surface area (Å²) in [7, 11) is -1.25. The number of hydrogen-bond acceptors (Lipinski definition) is 5. The predicted octanol–water partition coefficient (Wildman–Crippen LogP) is 2.53. The summed E-state index contributed by atoms with van der Waals surface area (Å²) < 4.78 is 26.2. The summed E-state index contributed by atoms with van der Waals surface area (Å²) in [5.74, 6) is 0. The van der Waals surface area contributed by atoms with Gasteiger partial charge in [-0.3, -0.25) is 0 Å². The van der Waals surface area contributed by atoms with Crippen LogP contribution in [0.25, 0.3) is 0 Å². The maximum atomic E-state index is 12.3. The van der Waals surface area contributed by atoms with E-state index in [9.17, 15) is 8.42 Å². The number of nitrogens with one attached hydrogen (secondary N) is 2. The number of nitrogens with zero attached hydrogens (tertiary/aromatic N) is 2. The van der Waals surface area contributed by atoms with E-state index in [2.05, 4.69) is 22.3 Å². The molecule has 1 aliphatic heterocycles. The van der Waals surface area contributed by atoms with E-state index in [1.807, 2.05) is 27.0 Å². The minimum atomic E-state index is -3.24. The standard InChI is InChI=1S/C18H31ClN4O2S/c1-6-23(26(5,24)25)18(9-7-10-18)13-22(4)15(3)16-8-11-20-21-17(16)12-14(2)19/h12,20-21H,3,6-11,13H2,1-2,4-5H3/b14-12+. The molecule has 1 fully saturated rings. The first kappa shape index (κ1) is 21.3. The molecular formula is C18H31ClN4O2S. The Morgan fingerprint density at radius 2 is 2.08 bits per heavy atom. The Kier molecular flexibility index (Phi) is 6.82. The monoisotopic (exact) mass is 402 g/mol. The van der Waals surface area contributed by atoms with Crippen molar-refractivity contribution in [3.63, 3.8) is 0 Å². The SMILES string of the molecule is C=C(C1=C(/C=C(\C)Cl)NNCC1)N(C)CC1(N(CC)S(C)(=O)=O)CCC1. The van der Waals surface area contributed by atoms with Gasteiger partial charge in [0.05, 0.1) is 17.5 Å². The van der Waals surface area contributed by atoms with Crippen LogP contribution in [0.4, 0.5) is 0 Å². The van der Waals surface area contributed by atoms with Crippen LogP contribution in [0, 0.1) is 0 Å². The van der Waals surface area contributed by atoms with Gasteiger partial charge >= 0.3 is 0 Å².